The molecule has 0 radical (unpaired) electrons. The molecule has 0 aliphatic rings. The van der Waals surface area contributed by atoms with Crippen molar-refractivity contribution in [2.45, 2.75) is 13.5 Å². The van der Waals surface area contributed by atoms with Crippen LogP contribution in [0.1, 0.15) is 6.92 Å². The first-order valence-corrected chi connectivity index (χ1v) is 12.1. The molecule has 2 aromatic carbocycles. The number of benzene rings is 2. The lowest BCUT2D eigenvalue weighted by atomic mass is 10.0. The second-order valence-electron chi connectivity index (χ2n) is 8.81. The van der Waals surface area contributed by atoms with Crippen molar-refractivity contribution in [3.63, 3.8) is 0 Å². The standard InChI is InChI=1S/C27H27N7O4/c1-5-38-19-13-11-17(12-14-19)21-22(18-9-7-6-8-10-18)31(2)26(30-21)29-20(35)15-34-16-28-24-23(34)25(36)33(4)27(37)32(24)3/h6-14,16H,5,15H2,1-4H3,(H,29,30,35). The maximum atomic E-state index is 13.1. The van der Waals surface area contributed by atoms with Crippen molar-refractivity contribution in [3.05, 3.63) is 81.8 Å². The average Bonchev–Trinajstić information content (AvgIpc) is 3.48. The molecular weight excluding hydrogens is 486 g/mol. The van der Waals surface area contributed by atoms with Crippen molar-refractivity contribution < 1.29 is 9.53 Å². The first kappa shape index (κ1) is 24.8. The number of anilines is 1. The number of nitrogens with zero attached hydrogens (tertiary/aromatic N) is 6. The first-order chi connectivity index (χ1) is 18.3. The van der Waals surface area contributed by atoms with E-state index in [1.54, 1.807) is 0 Å². The van der Waals surface area contributed by atoms with Gasteiger partial charge in [-0.1, -0.05) is 30.3 Å². The van der Waals surface area contributed by atoms with E-state index < -0.39 is 17.2 Å². The van der Waals surface area contributed by atoms with E-state index in [1.807, 2.05) is 73.1 Å². The number of hydrogen-bond donors (Lipinski definition) is 1. The Morgan fingerprint density at radius 3 is 2.32 bits per heavy atom. The van der Waals surface area contributed by atoms with Crippen LogP contribution in [-0.4, -0.2) is 40.8 Å². The number of carbonyl (C=O) groups is 1. The molecule has 1 amide bonds. The van der Waals surface area contributed by atoms with Gasteiger partial charge in [0.25, 0.3) is 5.56 Å². The van der Waals surface area contributed by atoms with Crippen LogP contribution in [0.15, 0.2) is 70.5 Å². The normalized spacial score (nSPS) is 11.2. The fourth-order valence-corrected chi connectivity index (χ4v) is 4.45. The molecule has 0 bridgehead atoms. The second kappa shape index (κ2) is 9.85. The number of nitrogens with one attached hydrogen (secondary N) is 1. The summed E-state index contributed by atoms with van der Waals surface area (Å²) in [5.74, 6) is 0.715. The topological polar surface area (TPSA) is 118 Å². The van der Waals surface area contributed by atoms with Crippen LogP contribution in [0.25, 0.3) is 33.7 Å². The Morgan fingerprint density at radius 1 is 0.921 bits per heavy atom. The van der Waals surface area contributed by atoms with Crippen molar-refractivity contribution in [1.29, 1.82) is 0 Å². The highest BCUT2D eigenvalue weighted by atomic mass is 16.5. The molecule has 5 rings (SSSR count). The third-order valence-electron chi connectivity index (χ3n) is 6.36. The van der Waals surface area contributed by atoms with Crippen LogP contribution < -0.4 is 21.3 Å². The van der Waals surface area contributed by atoms with E-state index in [9.17, 15) is 14.4 Å². The van der Waals surface area contributed by atoms with E-state index in [2.05, 4.69) is 10.3 Å². The predicted molar refractivity (Wildman–Crippen MR) is 144 cm³/mol. The van der Waals surface area contributed by atoms with Crippen molar-refractivity contribution >= 4 is 23.0 Å². The number of fused-ring (bicyclic) bond motifs is 1. The molecule has 1 N–H and O–H groups in total. The van der Waals surface area contributed by atoms with Crippen LogP contribution in [0.3, 0.4) is 0 Å². The molecule has 0 saturated carbocycles. The van der Waals surface area contributed by atoms with Crippen molar-refractivity contribution in [1.82, 2.24) is 28.2 Å². The zero-order chi connectivity index (χ0) is 27.0. The van der Waals surface area contributed by atoms with Crippen LogP contribution in [0.2, 0.25) is 0 Å². The van der Waals surface area contributed by atoms with Crippen molar-refractivity contribution in [2.75, 3.05) is 11.9 Å². The molecule has 0 fully saturated rings. The van der Waals surface area contributed by atoms with Gasteiger partial charge in [-0.15, -0.1) is 0 Å². The third kappa shape index (κ3) is 4.27. The number of amides is 1. The highest BCUT2D eigenvalue weighted by Gasteiger charge is 2.21. The van der Waals surface area contributed by atoms with Crippen molar-refractivity contribution in [2.24, 2.45) is 21.1 Å². The van der Waals surface area contributed by atoms with E-state index in [0.717, 1.165) is 27.1 Å². The predicted octanol–water partition coefficient (Wildman–Crippen LogP) is 2.54. The Labute approximate surface area is 217 Å². The van der Waals surface area contributed by atoms with Gasteiger partial charge in [-0.05, 0) is 31.2 Å². The molecule has 0 saturated heterocycles. The largest absolute Gasteiger partial charge is 0.494 e. The fraction of sp³-hybridized carbons (Fsp3) is 0.222. The molecule has 0 aliphatic carbocycles. The first-order valence-electron chi connectivity index (χ1n) is 12.1. The van der Waals surface area contributed by atoms with Crippen LogP contribution >= 0.6 is 0 Å². The van der Waals surface area contributed by atoms with E-state index in [4.69, 9.17) is 9.72 Å². The van der Waals surface area contributed by atoms with Crippen LogP contribution in [0.4, 0.5) is 5.95 Å². The minimum absolute atomic E-state index is 0.171. The lowest BCUT2D eigenvalue weighted by Crippen LogP contribution is -2.37. The Balaban J connectivity index is 1.51. The molecule has 3 aromatic heterocycles. The third-order valence-corrected chi connectivity index (χ3v) is 6.36. The Morgan fingerprint density at radius 2 is 1.63 bits per heavy atom. The quantitative estimate of drug-likeness (QED) is 0.357. The van der Waals surface area contributed by atoms with Gasteiger partial charge in [0.2, 0.25) is 11.9 Å². The van der Waals surface area contributed by atoms with Gasteiger partial charge in [0.1, 0.15) is 12.3 Å². The maximum absolute atomic E-state index is 13.1. The van der Waals surface area contributed by atoms with Gasteiger partial charge >= 0.3 is 5.69 Å². The summed E-state index contributed by atoms with van der Waals surface area (Å²) < 4.78 is 11.1. The minimum atomic E-state index is -0.519. The van der Waals surface area contributed by atoms with Crippen molar-refractivity contribution in [3.8, 4) is 28.3 Å². The molecule has 38 heavy (non-hydrogen) atoms. The number of ether oxygens (including phenoxy) is 1. The molecule has 11 nitrogen and oxygen atoms in total. The van der Waals surface area contributed by atoms with Crippen LogP contribution in [0, 0.1) is 0 Å². The van der Waals surface area contributed by atoms with Gasteiger partial charge in [-0.2, -0.15) is 0 Å². The summed E-state index contributed by atoms with van der Waals surface area (Å²) in [6.45, 7) is 2.32. The van der Waals surface area contributed by atoms with Crippen LogP contribution in [-0.2, 0) is 32.5 Å². The highest BCUT2D eigenvalue weighted by Crippen LogP contribution is 2.34. The smallest absolute Gasteiger partial charge is 0.332 e. The molecule has 0 unspecified atom stereocenters. The minimum Gasteiger partial charge on any atom is -0.494 e. The van der Waals surface area contributed by atoms with E-state index in [1.165, 1.54) is 29.6 Å². The maximum Gasteiger partial charge on any atom is 0.332 e. The Kier molecular flexibility index (Phi) is 6.41. The van der Waals surface area contributed by atoms with E-state index in [0.29, 0.717) is 18.2 Å². The van der Waals surface area contributed by atoms with E-state index >= 15 is 0 Å². The number of aromatic nitrogens is 6. The van der Waals surface area contributed by atoms with Gasteiger partial charge in [0.15, 0.2) is 11.2 Å². The second-order valence-corrected chi connectivity index (χ2v) is 8.81. The molecule has 3 heterocycles. The summed E-state index contributed by atoms with van der Waals surface area (Å²) in [7, 11) is 4.76. The molecule has 5 aromatic rings. The summed E-state index contributed by atoms with van der Waals surface area (Å²) >= 11 is 0. The molecule has 0 atom stereocenters. The zero-order valence-electron chi connectivity index (χ0n) is 21.5. The van der Waals surface area contributed by atoms with Crippen LogP contribution in [0.5, 0.6) is 5.75 Å². The highest BCUT2D eigenvalue weighted by molar-refractivity contribution is 5.92. The summed E-state index contributed by atoms with van der Waals surface area (Å²) in [4.78, 5) is 47.0. The summed E-state index contributed by atoms with van der Waals surface area (Å²) in [5, 5.41) is 2.87. The average molecular weight is 514 g/mol. The number of hydrogen-bond acceptors (Lipinski definition) is 6. The molecule has 194 valence electrons. The molecular formula is C27H27N7O4. The van der Waals surface area contributed by atoms with Gasteiger partial charge in [-0.25, -0.2) is 14.8 Å². The van der Waals surface area contributed by atoms with E-state index in [-0.39, 0.29) is 17.7 Å². The summed E-state index contributed by atoms with van der Waals surface area (Å²) in [6.07, 6.45) is 1.38. The lowest BCUT2D eigenvalue weighted by molar-refractivity contribution is -0.116. The summed E-state index contributed by atoms with van der Waals surface area (Å²) in [5.41, 5.74) is 2.73. The Bertz CT molecular complexity index is 1760. The van der Waals surface area contributed by atoms with Gasteiger partial charge in [0.05, 0.1) is 24.3 Å². The lowest BCUT2D eigenvalue weighted by Gasteiger charge is -2.10. The SMILES string of the molecule is CCOc1ccc(-c2nc(NC(=O)Cn3cnc4c3c(=O)n(C)c(=O)n4C)n(C)c2-c2ccccc2)cc1. The Hall–Kier alpha value is -4.93. The van der Waals surface area contributed by atoms with Gasteiger partial charge < -0.3 is 13.9 Å². The molecule has 0 spiro atoms. The molecule has 0 aliphatic heterocycles. The number of rotatable bonds is 7. The molecule has 11 heteroatoms. The number of carbonyl (C=O) groups excluding carboxylic acids is 1. The van der Waals surface area contributed by atoms with Gasteiger partial charge in [0, 0.05) is 32.3 Å². The zero-order valence-corrected chi connectivity index (χ0v) is 21.5. The fourth-order valence-electron chi connectivity index (χ4n) is 4.45. The monoisotopic (exact) mass is 513 g/mol. The number of aryl methyl sites for hydroxylation is 1. The number of imidazole rings is 2. The summed E-state index contributed by atoms with van der Waals surface area (Å²) in [6, 6.07) is 17.4. The van der Waals surface area contributed by atoms with Gasteiger partial charge in [-0.3, -0.25) is 24.0 Å².